The summed E-state index contributed by atoms with van der Waals surface area (Å²) in [4.78, 5) is 4.05. The molecule has 2 aromatic carbocycles. The van der Waals surface area contributed by atoms with Crippen LogP contribution < -0.4 is 15.4 Å². The summed E-state index contributed by atoms with van der Waals surface area (Å²) in [6.07, 6.45) is 0. The second-order valence-electron chi connectivity index (χ2n) is 5.01. The van der Waals surface area contributed by atoms with E-state index in [1.807, 2.05) is 0 Å². The zero-order valence-corrected chi connectivity index (χ0v) is 16.9. The second-order valence-corrected chi connectivity index (χ2v) is 5.42. The van der Waals surface area contributed by atoms with Crippen LogP contribution in [0.3, 0.4) is 0 Å². The largest absolute Gasteiger partial charge is 0.434 e. The highest BCUT2D eigenvalue weighted by Crippen LogP contribution is 2.20. The topological polar surface area (TPSA) is 45.7 Å². The number of guanidine groups is 1. The normalized spacial score (nSPS) is 11.1. The third kappa shape index (κ3) is 6.91. The van der Waals surface area contributed by atoms with Gasteiger partial charge in [0.15, 0.2) is 5.96 Å². The Morgan fingerprint density at radius 1 is 1.15 bits per heavy atom. The molecule has 0 aromatic heterocycles. The van der Waals surface area contributed by atoms with Gasteiger partial charge in [0, 0.05) is 25.7 Å². The van der Waals surface area contributed by atoms with Crippen molar-refractivity contribution in [3.05, 3.63) is 64.4 Å². The summed E-state index contributed by atoms with van der Waals surface area (Å²) in [6, 6.07) is 10.9. The van der Waals surface area contributed by atoms with E-state index in [1.54, 1.807) is 31.3 Å². The Labute approximate surface area is 171 Å². The maximum absolute atomic E-state index is 13.1. The van der Waals surface area contributed by atoms with Gasteiger partial charge in [-0.2, -0.15) is 8.78 Å². The summed E-state index contributed by atoms with van der Waals surface area (Å²) < 4.78 is 42.5. The van der Waals surface area contributed by atoms with E-state index < -0.39 is 12.4 Å². The Balaban J connectivity index is 0.00000338. The van der Waals surface area contributed by atoms with E-state index >= 15 is 0 Å². The van der Waals surface area contributed by atoms with Crippen molar-refractivity contribution in [1.82, 2.24) is 10.6 Å². The molecular formula is C17H18ClF3IN3O. The third-order valence-electron chi connectivity index (χ3n) is 3.30. The molecule has 0 atom stereocenters. The Kier molecular flexibility index (Phi) is 9.57. The van der Waals surface area contributed by atoms with Crippen molar-refractivity contribution in [2.75, 3.05) is 7.05 Å². The Morgan fingerprint density at radius 2 is 1.85 bits per heavy atom. The van der Waals surface area contributed by atoms with Crippen molar-refractivity contribution in [2.24, 2.45) is 4.99 Å². The van der Waals surface area contributed by atoms with Gasteiger partial charge in [0.25, 0.3) is 0 Å². The van der Waals surface area contributed by atoms with Gasteiger partial charge in [-0.15, -0.1) is 24.0 Å². The first kappa shape index (κ1) is 22.4. The first-order chi connectivity index (χ1) is 12.0. The molecule has 0 saturated carbocycles. The van der Waals surface area contributed by atoms with Crippen molar-refractivity contribution >= 4 is 41.5 Å². The minimum Gasteiger partial charge on any atom is -0.434 e. The van der Waals surface area contributed by atoms with Crippen molar-refractivity contribution in [3.8, 4) is 5.75 Å². The number of benzene rings is 2. The lowest BCUT2D eigenvalue weighted by Crippen LogP contribution is -2.36. The molecule has 0 aliphatic heterocycles. The zero-order chi connectivity index (χ0) is 18.2. The number of hydrogen-bond donors (Lipinski definition) is 2. The summed E-state index contributed by atoms with van der Waals surface area (Å²) in [7, 11) is 1.58. The van der Waals surface area contributed by atoms with E-state index in [2.05, 4.69) is 20.4 Å². The molecule has 9 heteroatoms. The molecule has 0 aliphatic rings. The van der Waals surface area contributed by atoms with Crippen LogP contribution in [0.1, 0.15) is 11.1 Å². The van der Waals surface area contributed by atoms with Gasteiger partial charge in [-0.3, -0.25) is 4.99 Å². The summed E-state index contributed by atoms with van der Waals surface area (Å²) >= 11 is 5.74. The molecule has 0 radical (unpaired) electrons. The number of ether oxygens (including phenoxy) is 1. The van der Waals surface area contributed by atoms with E-state index in [1.165, 1.54) is 18.2 Å². The summed E-state index contributed by atoms with van der Waals surface area (Å²) in [5, 5.41) is 6.08. The van der Waals surface area contributed by atoms with Crippen LogP contribution in [0.15, 0.2) is 47.5 Å². The molecule has 26 heavy (non-hydrogen) atoms. The average molecular weight is 500 g/mol. The molecular weight excluding hydrogens is 482 g/mol. The third-order valence-corrected chi connectivity index (χ3v) is 3.59. The molecule has 0 aliphatic carbocycles. The van der Waals surface area contributed by atoms with Crippen LogP contribution in [0.4, 0.5) is 13.2 Å². The summed E-state index contributed by atoms with van der Waals surface area (Å²) in [5.41, 5.74) is 1.34. The van der Waals surface area contributed by atoms with Gasteiger partial charge in [0.1, 0.15) is 11.6 Å². The smallest absolute Gasteiger partial charge is 0.387 e. The maximum atomic E-state index is 13.1. The van der Waals surface area contributed by atoms with Crippen LogP contribution in [-0.2, 0) is 13.1 Å². The standard InChI is InChI=1S/C17H17ClF3N3O.HI/c1-22-17(23-9-11-6-7-14(19)13(18)8-11)24-10-12-4-2-3-5-15(12)25-16(20)21;/h2-8,16H,9-10H2,1H3,(H2,22,23,24);1H. The monoisotopic (exact) mass is 499 g/mol. The molecule has 0 amide bonds. The number of nitrogens with one attached hydrogen (secondary N) is 2. The first-order valence-corrected chi connectivity index (χ1v) is 7.78. The number of rotatable bonds is 6. The number of para-hydroxylation sites is 1. The number of nitrogens with zero attached hydrogens (tertiary/aromatic N) is 1. The van der Waals surface area contributed by atoms with E-state index in [0.717, 1.165) is 5.56 Å². The molecule has 0 heterocycles. The molecule has 0 bridgehead atoms. The first-order valence-electron chi connectivity index (χ1n) is 7.40. The van der Waals surface area contributed by atoms with Gasteiger partial charge >= 0.3 is 6.61 Å². The maximum Gasteiger partial charge on any atom is 0.387 e. The fraction of sp³-hybridized carbons (Fsp3) is 0.235. The van der Waals surface area contributed by atoms with E-state index in [9.17, 15) is 13.2 Å². The molecule has 0 saturated heterocycles. The predicted molar refractivity (Wildman–Crippen MR) is 107 cm³/mol. The predicted octanol–water partition coefficient (Wildman–Crippen LogP) is 4.56. The van der Waals surface area contributed by atoms with E-state index in [-0.39, 0.29) is 41.3 Å². The van der Waals surface area contributed by atoms with Gasteiger partial charge in [-0.1, -0.05) is 35.9 Å². The van der Waals surface area contributed by atoms with Gasteiger partial charge in [0.05, 0.1) is 5.02 Å². The Morgan fingerprint density at radius 3 is 2.50 bits per heavy atom. The number of aliphatic imine (C=N–C) groups is 1. The number of halogens is 5. The molecule has 0 spiro atoms. The summed E-state index contributed by atoms with van der Waals surface area (Å²) in [5.74, 6) is 0.0710. The molecule has 2 N–H and O–H groups in total. The van der Waals surface area contributed by atoms with Crippen molar-refractivity contribution in [2.45, 2.75) is 19.7 Å². The molecule has 4 nitrogen and oxygen atoms in total. The fourth-order valence-corrected chi connectivity index (χ4v) is 2.30. The minimum atomic E-state index is -2.89. The number of hydrogen-bond acceptors (Lipinski definition) is 2. The molecule has 0 fully saturated rings. The fourth-order valence-electron chi connectivity index (χ4n) is 2.10. The molecule has 0 unspecified atom stereocenters. The van der Waals surface area contributed by atoms with Gasteiger partial charge in [-0.25, -0.2) is 4.39 Å². The van der Waals surface area contributed by atoms with Crippen LogP contribution in [0, 0.1) is 5.82 Å². The van der Waals surface area contributed by atoms with Gasteiger partial charge in [0.2, 0.25) is 0 Å². The van der Waals surface area contributed by atoms with Crippen molar-refractivity contribution in [1.29, 1.82) is 0 Å². The second kappa shape index (κ2) is 11.1. The lowest BCUT2D eigenvalue weighted by molar-refractivity contribution is -0.0504. The Bertz CT molecular complexity index is 747. The highest BCUT2D eigenvalue weighted by Gasteiger charge is 2.09. The molecule has 2 rings (SSSR count). The van der Waals surface area contributed by atoms with Gasteiger partial charge < -0.3 is 15.4 Å². The SMILES string of the molecule is CN=C(NCc1ccc(F)c(Cl)c1)NCc1ccccc1OC(F)F.I. The van der Waals surface area contributed by atoms with Crippen LogP contribution in [0.5, 0.6) is 5.75 Å². The van der Waals surface area contributed by atoms with E-state index in [0.29, 0.717) is 18.1 Å². The molecule has 2 aromatic rings. The quantitative estimate of drug-likeness (QED) is 0.348. The van der Waals surface area contributed by atoms with Crippen molar-refractivity contribution in [3.63, 3.8) is 0 Å². The average Bonchev–Trinajstić information content (AvgIpc) is 2.59. The zero-order valence-electron chi connectivity index (χ0n) is 13.8. The van der Waals surface area contributed by atoms with Crippen LogP contribution in [-0.4, -0.2) is 19.6 Å². The van der Waals surface area contributed by atoms with Crippen LogP contribution >= 0.6 is 35.6 Å². The highest BCUT2D eigenvalue weighted by molar-refractivity contribution is 14.0. The Hall–Kier alpha value is -1.68. The van der Waals surface area contributed by atoms with Crippen molar-refractivity contribution < 1.29 is 17.9 Å². The minimum absolute atomic E-state index is 0. The molecule has 142 valence electrons. The highest BCUT2D eigenvalue weighted by atomic mass is 127. The van der Waals surface area contributed by atoms with E-state index in [4.69, 9.17) is 11.6 Å². The lowest BCUT2D eigenvalue weighted by atomic mass is 10.2. The number of alkyl halides is 2. The summed E-state index contributed by atoms with van der Waals surface area (Å²) in [6.45, 7) is -2.27. The lowest BCUT2D eigenvalue weighted by Gasteiger charge is -2.14. The van der Waals surface area contributed by atoms with Gasteiger partial charge in [-0.05, 0) is 23.8 Å². The van der Waals surface area contributed by atoms with Crippen LogP contribution in [0.25, 0.3) is 0 Å². The van der Waals surface area contributed by atoms with Crippen LogP contribution in [0.2, 0.25) is 5.02 Å².